The lowest BCUT2D eigenvalue weighted by Gasteiger charge is -2.50. The molecule has 0 radical (unpaired) electrons. The maximum absolute atomic E-state index is 14.0. The van der Waals surface area contributed by atoms with Crippen LogP contribution in [0.2, 0.25) is 0 Å². The van der Waals surface area contributed by atoms with Crippen molar-refractivity contribution < 1.29 is 34.8 Å². The number of nitrogens with two attached hydrogens (primary N) is 1. The Labute approximate surface area is 245 Å². The molecule has 11 heteroatoms. The van der Waals surface area contributed by atoms with Crippen LogP contribution in [0.4, 0.5) is 5.69 Å². The normalized spacial score (nSPS) is 28.9. The molecular formula is C31H42N4O7. The summed E-state index contributed by atoms with van der Waals surface area (Å²) in [5, 5.41) is 49.1. The molecule has 7 N–H and O–H groups in total. The zero-order chi connectivity index (χ0) is 30.9. The van der Waals surface area contributed by atoms with E-state index in [1.807, 2.05) is 19.0 Å². The molecule has 4 aliphatic carbocycles. The fourth-order valence-corrected chi connectivity index (χ4v) is 7.88. The van der Waals surface area contributed by atoms with Crippen molar-refractivity contribution in [2.75, 3.05) is 33.1 Å². The van der Waals surface area contributed by atoms with Crippen LogP contribution in [0.3, 0.4) is 0 Å². The van der Waals surface area contributed by atoms with Crippen molar-refractivity contribution in [2.45, 2.75) is 75.6 Å². The number of rotatable bonds is 6. The molecule has 4 atom stereocenters. The molecule has 5 rings (SSSR count). The number of aromatic hydroxyl groups is 1. The topological polar surface area (TPSA) is 177 Å². The number of carbonyl (C=O) groups excluding carboxylic acids is 3. The molecule has 1 amide bonds. The number of carbonyl (C=O) groups is 3. The summed E-state index contributed by atoms with van der Waals surface area (Å²) in [7, 11) is 6.98. The van der Waals surface area contributed by atoms with E-state index >= 15 is 0 Å². The first-order chi connectivity index (χ1) is 19.6. The van der Waals surface area contributed by atoms with Crippen LogP contribution in [-0.2, 0) is 22.6 Å². The number of phenolic OH excluding ortho intramolecular Hbond substituents is 1. The summed E-state index contributed by atoms with van der Waals surface area (Å²) in [6, 6.07) is 0.549. The van der Waals surface area contributed by atoms with Gasteiger partial charge in [-0.15, -0.1) is 0 Å². The molecule has 11 nitrogen and oxygen atoms in total. The maximum atomic E-state index is 14.0. The Morgan fingerprint density at radius 3 is 2.31 bits per heavy atom. The number of amides is 1. The molecular weight excluding hydrogens is 540 g/mol. The number of anilines is 1. The molecule has 0 bridgehead atoms. The van der Waals surface area contributed by atoms with Gasteiger partial charge in [0.1, 0.15) is 22.8 Å². The summed E-state index contributed by atoms with van der Waals surface area (Å²) in [5.74, 6) is -6.52. The van der Waals surface area contributed by atoms with Crippen LogP contribution in [0.25, 0.3) is 0 Å². The summed E-state index contributed by atoms with van der Waals surface area (Å²) in [6.07, 6.45) is 5.96. The minimum atomic E-state index is -2.65. The molecule has 0 spiro atoms. The number of aliphatic hydroxyl groups is 3. The Morgan fingerprint density at radius 1 is 1.10 bits per heavy atom. The third kappa shape index (κ3) is 4.40. The minimum absolute atomic E-state index is 0.0205. The Morgan fingerprint density at radius 2 is 1.74 bits per heavy atom. The van der Waals surface area contributed by atoms with Crippen LogP contribution in [0.15, 0.2) is 28.7 Å². The van der Waals surface area contributed by atoms with Gasteiger partial charge in [-0.25, -0.2) is 0 Å². The van der Waals surface area contributed by atoms with Crippen molar-refractivity contribution in [1.29, 1.82) is 0 Å². The fourth-order valence-electron chi connectivity index (χ4n) is 7.88. The number of aliphatic hydroxyl groups excluding tert-OH is 2. The molecule has 0 aromatic heterocycles. The Balaban J connectivity index is 1.62. The second-order valence-corrected chi connectivity index (χ2v) is 13.1. The predicted octanol–water partition coefficient (Wildman–Crippen LogP) is 2.00. The number of primary amides is 1. The first-order valence-electron chi connectivity index (χ1n) is 14.6. The lowest BCUT2D eigenvalue weighted by Crippen LogP contribution is -2.63. The number of hydrogen-bond acceptors (Lipinski definition) is 10. The Hall–Kier alpha value is -3.41. The van der Waals surface area contributed by atoms with Gasteiger partial charge in [-0.1, -0.05) is 19.3 Å². The van der Waals surface area contributed by atoms with E-state index in [-0.39, 0.29) is 35.3 Å². The van der Waals surface area contributed by atoms with E-state index in [2.05, 4.69) is 12.2 Å². The molecule has 0 heterocycles. The number of allylic oxidation sites excluding steroid dienone is 1. The van der Waals surface area contributed by atoms with Crippen molar-refractivity contribution in [1.82, 2.24) is 10.2 Å². The van der Waals surface area contributed by atoms with Crippen LogP contribution in [-0.4, -0.2) is 88.2 Å². The molecule has 228 valence electrons. The maximum Gasteiger partial charge on any atom is 0.255 e. The zero-order valence-corrected chi connectivity index (χ0v) is 25.0. The number of hydrogen-bond donors (Lipinski definition) is 6. The van der Waals surface area contributed by atoms with Gasteiger partial charge < -0.3 is 36.4 Å². The number of Topliss-reactive ketones (excluding diaryl/α,β-unsaturated/α-hetero) is 2. The Kier molecular flexibility index (Phi) is 7.44. The number of nitrogens with one attached hydrogen (secondary N) is 1. The summed E-state index contributed by atoms with van der Waals surface area (Å²) >= 11 is 0. The lowest BCUT2D eigenvalue weighted by atomic mass is 9.58. The molecule has 0 saturated heterocycles. The number of phenols is 1. The van der Waals surface area contributed by atoms with E-state index in [1.165, 1.54) is 6.42 Å². The number of ketones is 2. The number of likely N-dealkylation sites (N-methyl/N-ethyl adjacent to an activating group) is 1. The van der Waals surface area contributed by atoms with Gasteiger partial charge in [0.05, 0.1) is 11.6 Å². The predicted molar refractivity (Wildman–Crippen MR) is 156 cm³/mol. The van der Waals surface area contributed by atoms with Crippen LogP contribution < -0.4 is 16.0 Å². The molecule has 42 heavy (non-hydrogen) atoms. The van der Waals surface area contributed by atoms with Crippen molar-refractivity contribution >= 4 is 23.2 Å². The molecule has 1 aromatic rings. The van der Waals surface area contributed by atoms with E-state index < -0.39 is 58.0 Å². The van der Waals surface area contributed by atoms with Gasteiger partial charge in [0.25, 0.3) is 5.91 Å². The Bertz CT molecular complexity index is 1420. The minimum Gasteiger partial charge on any atom is -0.510 e. The van der Waals surface area contributed by atoms with Crippen LogP contribution in [0.1, 0.15) is 66.9 Å². The second-order valence-electron chi connectivity index (χ2n) is 13.1. The van der Waals surface area contributed by atoms with Gasteiger partial charge in [0.15, 0.2) is 11.4 Å². The van der Waals surface area contributed by atoms with Crippen LogP contribution in [0.5, 0.6) is 5.75 Å². The zero-order valence-electron chi connectivity index (χ0n) is 25.0. The van der Waals surface area contributed by atoms with Gasteiger partial charge in [-0.05, 0) is 69.8 Å². The average Bonchev–Trinajstić information content (AvgIpc) is 2.89. The van der Waals surface area contributed by atoms with Gasteiger partial charge in [-0.2, -0.15) is 0 Å². The average molecular weight is 583 g/mol. The molecule has 0 aliphatic heterocycles. The van der Waals surface area contributed by atoms with Crippen molar-refractivity contribution in [3.8, 4) is 5.75 Å². The van der Waals surface area contributed by atoms with Gasteiger partial charge in [0, 0.05) is 43.4 Å². The molecule has 4 aliphatic rings. The summed E-state index contributed by atoms with van der Waals surface area (Å²) in [6.45, 7) is 2.71. The monoisotopic (exact) mass is 582 g/mol. The standard InChI is InChI=1S/C31H42N4O7/c1-30(9-7-6-8-10-30)33-14-16-13-19(36)21-17(23(16)34(2)3)11-15-12-18-24(35(4)5)26(38)22(29(32)41)28(40)31(18,42)27(39)20(15)25(21)37/h13,15,18,24,33,36,38-39,42H,6-12,14H2,1-5H3,(H2,32,41)/t15-,18-,24-,31-/m0/s1. The molecule has 1 aromatic carbocycles. The highest BCUT2D eigenvalue weighted by atomic mass is 16.3. The molecule has 1 saturated carbocycles. The van der Waals surface area contributed by atoms with Gasteiger partial charge in [0.2, 0.25) is 5.78 Å². The first kappa shape index (κ1) is 30.1. The summed E-state index contributed by atoms with van der Waals surface area (Å²) in [5.41, 5.74) is 4.05. The number of benzene rings is 1. The SMILES string of the molecule is CN(C)c1c(CNC2(C)CCCCC2)cc(O)c2c1C[C@H]1C[C@H]3[C@H](N(C)C)C(O)=C(C(N)=O)C(=O)[C@@]3(O)C(O)=C1C2=O. The van der Waals surface area contributed by atoms with E-state index in [0.29, 0.717) is 12.1 Å². The third-order valence-electron chi connectivity index (χ3n) is 9.88. The number of nitrogens with zero attached hydrogens (tertiary/aromatic N) is 2. The molecule has 0 unspecified atom stereocenters. The molecule has 1 fully saturated rings. The highest BCUT2D eigenvalue weighted by Crippen LogP contribution is 2.53. The number of fused-ring (bicyclic) bond motifs is 3. The third-order valence-corrected chi connectivity index (χ3v) is 9.88. The largest absolute Gasteiger partial charge is 0.510 e. The fraction of sp³-hybridized carbons (Fsp3) is 0.581. The van der Waals surface area contributed by atoms with Crippen molar-refractivity contribution in [2.24, 2.45) is 17.6 Å². The highest BCUT2D eigenvalue weighted by molar-refractivity contribution is 6.24. The smallest absolute Gasteiger partial charge is 0.255 e. The van der Waals surface area contributed by atoms with Gasteiger partial charge in [-0.3, -0.25) is 19.3 Å². The van der Waals surface area contributed by atoms with Gasteiger partial charge >= 0.3 is 0 Å². The van der Waals surface area contributed by atoms with Crippen LogP contribution in [0, 0.1) is 11.8 Å². The lowest BCUT2D eigenvalue weighted by molar-refractivity contribution is -0.148. The quantitative estimate of drug-likeness (QED) is 0.272. The summed E-state index contributed by atoms with van der Waals surface area (Å²) < 4.78 is 0. The highest BCUT2D eigenvalue weighted by Gasteiger charge is 2.63. The van der Waals surface area contributed by atoms with E-state index in [1.54, 1.807) is 25.1 Å². The van der Waals surface area contributed by atoms with Crippen molar-refractivity contribution in [3.63, 3.8) is 0 Å². The second kappa shape index (κ2) is 10.4. The van der Waals surface area contributed by atoms with Crippen LogP contribution >= 0.6 is 0 Å². The van der Waals surface area contributed by atoms with Crippen molar-refractivity contribution in [3.05, 3.63) is 45.4 Å². The first-order valence-corrected chi connectivity index (χ1v) is 14.6. The van der Waals surface area contributed by atoms with E-state index in [0.717, 1.165) is 36.9 Å². The van der Waals surface area contributed by atoms with E-state index in [9.17, 15) is 34.8 Å². The summed E-state index contributed by atoms with van der Waals surface area (Å²) in [4.78, 5) is 43.1. The van der Waals surface area contributed by atoms with E-state index in [4.69, 9.17) is 5.73 Å².